The average Bonchev–Trinajstić information content (AvgIpc) is 2.59. The molecule has 0 saturated carbocycles. The molecule has 68 valence electrons. The molecule has 0 N–H and O–H groups in total. The highest BCUT2D eigenvalue weighted by Gasteiger charge is 2.06. The second kappa shape index (κ2) is 4.35. The number of hydrogen-bond acceptors (Lipinski definition) is 4. The fourth-order valence-electron chi connectivity index (χ4n) is 0.976. The molecule has 0 aliphatic heterocycles. The quantitative estimate of drug-likeness (QED) is 0.524. The minimum atomic E-state index is 0.464. The van der Waals surface area contributed by atoms with Gasteiger partial charge in [0.25, 0.3) is 0 Å². The zero-order chi connectivity index (χ0) is 9.68. The third-order valence-corrected chi connectivity index (χ3v) is 1.52. The summed E-state index contributed by atoms with van der Waals surface area (Å²) in [6.45, 7) is 7.30. The van der Waals surface area contributed by atoms with E-state index < -0.39 is 0 Å². The van der Waals surface area contributed by atoms with Crippen molar-refractivity contribution in [2.45, 2.75) is 13.8 Å². The van der Waals surface area contributed by atoms with Gasteiger partial charge in [0.05, 0.1) is 0 Å². The SMILES string of the molecule is C=N/C(=C(C)\C=C/C)c1ncon1. The van der Waals surface area contributed by atoms with Crippen molar-refractivity contribution in [3.05, 3.63) is 29.9 Å². The Kier molecular flexibility index (Phi) is 3.14. The predicted octanol–water partition coefficient (Wildman–Crippen LogP) is 2.08. The summed E-state index contributed by atoms with van der Waals surface area (Å²) in [5, 5.41) is 3.68. The minimum absolute atomic E-state index is 0.464. The van der Waals surface area contributed by atoms with Crippen LogP contribution in [0.2, 0.25) is 0 Å². The van der Waals surface area contributed by atoms with E-state index in [4.69, 9.17) is 0 Å². The standard InChI is InChI=1S/C9H11N3O/c1-4-5-7(2)8(10-3)9-11-6-13-12-9/h4-6H,3H2,1-2H3/b5-4-,8-7-. The molecule has 0 aliphatic rings. The highest BCUT2D eigenvalue weighted by Crippen LogP contribution is 2.16. The molecule has 0 amide bonds. The smallest absolute Gasteiger partial charge is 0.221 e. The number of nitrogens with zero attached hydrogens (tertiary/aromatic N) is 3. The maximum atomic E-state index is 4.62. The normalized spacial score (nSPS) is 13.1. The van der Waals surface area contributed by atoms with Gasteiger partial charge in [0.2, 0.25) is 12.2 Å². The molecule has 0 atom stereocenters. The van der Waals surface area contributed by atoms with E-state index in [1.807, 2.05) is 26.0 Å². The van der Waals surface area contributed by atoms with Gasteiger partial charge in [0, 0.05) is 0 Å². The van der Waals surface area contributed by atoms with Gasteiger partial charge < -0.3 is 4.52 Å². The third kappa shape index (κ3) is 2.11. The van der Waals surface area contributed by atoms with Crippen LogP contribution in [0.1, 0.15) is 19.7 Å². The number of allylic oxidation sites excluding steroid dienone is 3. The van der Waals surface area contributed by atoms with Crippen molar-refractivity contribution >= 4 is 12.4 Å². The van der Waals surface area contributed by atoms with Gasteiger partial charge in [-0.1, -0.05) is 17.3 Å². The van der Waals surface area contributed by atoms with Gasteiger partial charge in [-0.25, -0.2) is 0 Å². The Morgan fingerprint density at radius 2 is 2.46 bits per heavy atom. The van der Waals surface area contributed by atoms with Crippen molar-refractivity contribution in [1.29, 1.82) is 0 Å². The molecule has 1 aromatic heterocycles. The Bertz CT molecular complexity index is 336. The van der Waals surface area contributed by atoms with Crippen molar-refractivity contribution in [2.24, 2.45) is 4.99 Å². The highest BCUT2D eigenvalue weighted by molar-refractivity contribution is 5.67. The molecule has 0 aliphatic carbocycles. The van der Waals surface area contributed by atoms with Gasteiger partial charge in [-0.15, -0.1) is 0 Å². The summed E-state index contributed by atoms with van der Waals surface area (Å²) >= 11 is 0. The van der Waals surface area contributed by atoms with E-state index in [-0.39, 0.29) is 0 Å². The fourth-order valence-corrected chi connectivity index (χ4v) is 0.976. The molecule has 1 heterocycles. The van der Waals surface area contributed by atoms with Gasteiger partial charge in [-0.3, -0.25) is 4.99 Å². The topological polar surface area (TPSA) is 51.3 Å². The first-order valence-electron chi connectivity index (χ1n) is 3.86. The van der Waals surface area contributed by atoms with E-state index in [0.29, 0.717) is 11.5 Å². The molecule has 1 aromatic rings. The molecule has 4 heteroatoms. The zero-order valence-corrected chi connectivity index (χ0v) is 7.69. The lowest BCUT2D eigenvalue weighted by Crippen LogP contribution is -1.86. The molecule has 0 unspecified atom stereocenters. The van der Waals surface area contributed by atoms with Crippen LogP contribution < -0.4 is 0 Å². The maximum Gasteiger partial charge on any atom is 0.221 e. The van der Waals surface area contributed by atoms with Crippen molar-refractivity contribution < 1.29 is 4.52 Å². The predicted molar refractivity (Wildman–Crippen MR) is 51.3 cm³/mol. The van der Waals surface area contributed by atoms with Crippen LogP contribution >= 0.6 is 0 Å². The van der Waals surface area contributed by atoms with E-state index in [0.717, 1.165) is 5.57 Å². The van der Waals surface area contributed by atoms with E-state index in [9.17, 15) is 0 Å². The lowest BCUT2D eigenvalue weighted by atomic mass is 10.2. The number of aromatic nitrogens is 2. The largest absolute Gasteiger partial charge is 0.342 e. The van der Waals surface area contributed by atoms with Crippen molar-refractivity contribution in [3.63, 3.8) is 0 Å². The molecule has 4 nitrogen and oxygen atoms in total. The second-order valence-corrected chi connectivity index (χ2v) is 2.44. The summed E-state index contributed by atoms with van der Waals surface area (Å²) in [5.41, 5.74) is 1.60. The first-order chi connectivity index (χ1) is 6.29. The first-order valence-corrected chi connectivity index (χ1v) is 3.86. The van der Waals surface area contributed by atoms with Gasteiger partial charge in [-0.05, 0) is 26.1 Å². The summed E-state index contributed by atoms with van der Waals surface area (Å²) in [5.74, 6) is 0.464. The Morgan fingerprint density at radius 1 is 1.69 bits per heavy atom. The van der Waals surface area contributed by atoms with Crippen LogP contribution in [-0.2, 0) is 0 Å². The molecular formula is C9H11N3O. The first kappa shape index (κ1) is 9.38. The molecule has 0 saturated heterocycles. The van der Waals surface area contributed by atoms with E-state index >= 15 is 0 Å². The van der Waals surface area contributed by atoms with E-state index in [1.54, 1.807) is 0 Å². The molecule has 0 radical (unpaired) electrons. The Morgan fingerprint density at radius 3 is 2.92 bits per heavy atom. The molecule has 0 spiro atoms. The van der Waals surface area contributed by atoms with Crippen molar-refractivity contribution in [1.82, 2.24) is 10.1 Å². The van der Waals surface area contributed by atoms with Crippen molar-refractivity contribution in [3.8, 4) is 0 Å². The zero-order valence-electron chi connectivity index (χ0n) is 7.69. The third-order valence-electron chi connectivity index (χ3n) is 1.52. The Balaban J connectivity index is 3.11. The lowest BCUT2D eigenvalue weighted by Gasteiger charge is -1.96. The molecule has 0 aromatic carbocycles. The summed E-state index contributed by atoms with van der Waals surface area (Å²) in [7, 11) is 0. The molecule has 0 bridgehead atoms. The summed E-state index contributed by atoms with van der Waals surface area (Å²) in [6.07, 6.45) is 5.10. The number of rotatable bonds is 3. The highest BCUT2D eigenvalue weighted by atomic mass is 16.5. The Hall–Kier alpha value is -1.71. The van der Waals surface area contributed by atoms with Crippen LogP contribution in [0.5, 0.6) is 0 Å². The maximum absolute atomic E-state index is 4.62. The van der Waals surface area contributed by atoms with Crippen LogP contribution in [-0.4, -0.2) is 16.9 Å². The summed E-state index contributed by atoms with van der Waals surface area (Å²) in [6, 6.07) is 0. The molecule has 0 fully saturated rings. The summed E-state index contributed by atoms with van der Waals surface area (Å²) < 4.78 is 4.62. The van der Waals surface area contributed by atoms with Crippen LogP contribution in [0.4, 0.5) is 0 Å². The summed E-state index contributed by atoms with van der Waals surface area (Å²) in [4.78, 5) is 7.73. The number of aliphatic imine (C=N–C) groups is 1. The van der Waals surface area contributed by atoms with Gasteiger partial charge in [0.15, 0.2) is 0 Å². The van der Waals surface area contributed by atoms with Crippen LogP contribution in [0, 0.1) is 0 Å². The van der Waals surface area contributed by atoms with Crippen LogP contribution in [0.3, 0.4) is 0 Å². The van der Waals surface area contributed by atoms with Gasteiger partial charge >= 0.3 is 0 Å². The van der Waals surface area contributed by atoms with E-state index in [2.05, 4.69) is 26.4 Å². The minimum Gasteiger partial charge on any atom is -0.342 e. The lowest BCUT2D eigenvalue weighted by molar-refractivity contribution is 0.415. The fraction of sp³-hybridized carbons (Fsp3) is 0.222. The molecule has 13 heavy (non-hydrogen) atoms. The monoisotopic (exact) mass is 177 g/mol. The van der Waals surface area contributed by atoms with Crippen LogP contribution in [0.25, 0.3) is 5.70 Å². The van der Waals surface area contributed by atoms with Crippen molar-refractivity contribution in [2.75, 3.05) is 0 Å². The van der Waals surface area contributed by atoms with Gasteiger partial charge in [-0.2, -0.15) is 4.98 Å². The van der Waals surface area contributed by atoms with Gasteiger partial charge in [0.1, 0.15) is 5.70 Å². The van der Waals surface area contributed by atoms with E-state index in [1.165, 1.54) is 6.39 Å². The second-order valence-electron chi connectivity index (χ2n) is 2.44. The van der Waals surface area contributed by atoms with Crippen LogP contribution in [0.15, 0.2) is 33.6 Å². The molecule has 1 rings (SSSR count). The average molecular weight is 177 g/mol. The Labute approximate surface area is 76.7 Å². The number of hydrogen-bond donors (Lipinski definition) is 0. The molecular weight excluding hydrogens is 166 g/mol.